The van der Waals surface area contributed by atoms with Gasteiger partial charge in [-0.15, -0.1) is 16.7 Å². The molecule has 0 fully saturated rings. The van der Waals surface area contributed by atoms with Gasteiger partial charge in [-0.25, -0.2) is 0 Å². The van der Waals surface area contributed by atoms with E-state index in [-0.39, 0.29) is 11.8 Å². The van der Waals surface area contributed by atoms with E-state index in [1.807, 2.05) is 13.8 Å². The van der Waals surface area contributed by atoms with E-state index in [1.165, 1.54) is 0 Å². The summed E-state index contributed by atoms with van der Waals surface area (Å²) in [6.07, 6.45) is 0. The Hall–Kier alpha value is -0.720. The number of halogens is 1. The van der Waals surface area contributed by atoms with Crippen LogP contribution in [0.3, 0.4) is 0 Å². The summed E-state index contributed by atoms with van der Waals surface area (Å²) in [5, 5.41) is 4.02. The van der Waals surface area contributed by atoms with Crippen molar-refractivity contribution in [2.45, 2.75) is 19.8 Å². The zero-order valence-electron chi connectivity index (χ0n) is 10.9. The van der Waals surface area contributed by atoms with Crippen molar-refractivity contribution in [1.82, 2.24) is 14.5 Å². The third kappa shape index (κ3) is 3.90. The molecule has 1 rings (SSSR count). The average molecular weight is 292 g/mol. The standard InChI is InChI=1S/C11H18ClN3O2S/c1-8(2)9-10(18-14-13-9)11(16)15(5-4-12)6-7-17-3/h8H,4-7H2,1-3H3. The Morgan fingerprint density at radius 2 is 2.22 bits per heavy atom. The van der Waals surface area contributed by atoms with Crippen LogP contribution in [0.25, 0.3) is 0 Å². The fraction of sp³-hybridized carbons (Fsp3) is 0.727. The van der Waals surface area contributed by atoms with Crippen molar-refractivity contribution in [1.29, 1.82) is 0 Å². The van der Waals surface area contributed by atoms with E-state index in [2.05, 4.69) is 9.59 Å². The van der Waals surface area contributed by atoms with Crippen LogP contribution in [0, 0.1) is 0 Å². The lowest BCUT2D eigenvalue weighted by atomic mass is 10.1. The van der Waals surface area contributed by atoms with Crippen LogP contribution in [-0.4, -0.2) is 53.1 Å². The number of methoxy groups -OCH3 is 1. The van der Waals surface area contributed by atoms with Crippen molar-refractivity contribution in [2.24, 2.45) is 0 Å². The fourth-order valence-corrected chi connectivity index (χ4v) is 2.48. The second-order valence-electron chi connectivity index (χ2n) is 4.12. The Bertz CT molecular complexity index is 384. The van der Waals surface area contributed by atoms with Crippen molar-refractivity contribution < 1.29 is 9.53 Å². The maximum atomic E-state index is 12.4. The minimum absolute atomic E-state index is 0.0635. The molecule has 0 aliphatic carbocycles. The number of carbonyl (C=O) groups is 1. The highest BCUT2D eigenvalue weighted by molar-refractivity contribution is 7.08. The van der Waals surface area contributed by atoms with Crippen molar-refractivity contribution in [3.63, 3.8) is 0 Å². The minimum Gasteiger partial charge on any atom is -0.383 e. The first kappa shape index (κ1) is 15.3. The lowest BCUT2D eigenvalue weighted by molar-refractivity contribution is 0.0711. The lowest BCUT2D eigenvalue weighted by Gasteiger charge is -2.20. The van der Waals surface area contributed by atoms with Crippen LogP contribution in [0.2, 0.25) is 0 Å². The smallest absolute Gasteiger partial charge is 0.267 e. The van der Waals surface area contributed by atoms with Gasteiger partial charge in [0.05, 0.1) is 12.3 Å². The molecule has 0 aliphatic heterocycles. The molecule has 0 saturated heterocycles. The van der Waals surface area contributed by atoms with Gasteiger partial charge in [-0.05, 0) is 17.5 Å². The number of ether oxygens (including phenoxy) is 1. The van der Waals surface area contributed by atoms with Gasteiger partial charge in [-0.3, -0.25) is 4.79 Å². The summed E-state index contributed by atoms with van der Waals surface area (Å²) in [6, 6.07) is 0. The number of nitrogens with zero attached hydrogens (tertiary/aromatic N) is 3. The zero-order chi connectivity index (χ0) is 13.5. The molecule has 18 heavy (non-hydrogen) atoms. The summed E-state index contributed by atoms with van der Waals surface area (Å²) < 4.78 is 8.87. The summed E-state index contributed by atoms with van der Waals surface area (Å²) in [5.41, 5.74) is 0.752. The van der Waals surface area contributed by atoms with E-state index < -0.39 is 0 Å². The fourth-order valence-electron chi connectivity index (χ4n) is 1.49. The first-order valence-corrected chi connectivity index (χ1v) is 7.09. The Labute approximate surface area is 116 Å². The van der Waals surface area contributed by atoms with E-state index >= 15 is 0 Å². The molecule has 1 amide bonds. The summed E-state index contributed by atoms with van der Waals surface area (Å²) in [4.78, 5) is 14.7. The number of hydrogen-bond donors (Lipinski definition) is 0. The van der Waals surface area contributed by atoms with Crippen molar-refractivity contribution in [3.05, 3.63) is 10.6 Å². The van der Waals surface area contributed by atoms with Gasteiger partial charge < -0.3 is 9.64 Å². The van der Waals surface area contributed by atoms with E-state index in [9.17, 15) is 4.79 Å². The van der Waals surface area contributed by atoms with Gasteiger partial charge in [0.1, 0.15) is 4.88 Å². The minimum atomic E-state index is -0.0635. The Morgan fingerprint density at radius 3 is 2.78 bits per heavy atom. The summed E-state index contributed by atoms with van der Waals surface area (Å²) in [6.45, 7) is 5.51. The molecular weight excluding hydrogens is 274 g/mol. The third-order valence-corrected chi connectivity index (χ3v) is 3.36. The average Bonchev–Trinajstić information content (AvgIpc) is 2.82. The maximum absolute atomic E-state index is 12.4. The van der Waals surface area contributed by atoms with E-state index in [4.69, 9.17) is 16.3 Å². The van der Waals surface area contributed by atoms with Crippen LogP contribution in [0.1, 0.15) is 35.1 Å². The van der Waals surface area contributed by atoms with E-state index in [0.717, 1.165) is 17.2 Å². The van der Waals surface area contributed by atoms with Gasteiger partial charge in [-0.2, -0.15) is 0 Å². The van der Waals surface area contributed by atoms with Gasteiger partial charge in [0.2, 0.25) is 0 Å². The summed E-state index contributed by atoms with van der Waals surface area (Å²) >= 11 is 6.86. The lowest BCUT2D eigenvalue weighted by Crippen LogP contribution is -2.35. The molecule has 0 spiro atoms. The molecule has 0 aliphatic rings. The Balaban J connectivity index is 2.84. The van der Waals surface area contributed by atoms with Gasteiger partial charge >= 0.3 is 0 Å². The van der Waals surface area contributed by atoms with Gasteiger partial charge in [0.15, 0.2) is 0 Å². The SMILES string of the molecule is COCCN(CCCl)C(=O)c1snnc1C(C)C. The van der Waals surface area contributed by atoms with Gasteiger partial charge in [0, 0.05) is 26.1 Å². The number of hydrogen-bond acceptors (Lipinski definition) is 5. The third-order valence-electron chi connectivity index (χ3n) is 2.46. The zero-order valence-corrected chi connectivity index (χ0v) is 12.4. The second kappa shape index (κ2) is 7.66. The molecule has 0 radical (unpaired) electrons. The highest BCUT2D eigenvalue weighted by atomic mass is 35.5. The van der Waals surface area contributed by atoms with E-state index in [0.29, 0.717) is 30.5 Å². The number of amides is 1. The van der Waals surface area contributed by atoms with Gasteiger partial charge in [-0.1, -0.05) is 18.3 Å². The van der Waals surface area contributed by atoms with Crippen molar-refractivity contribution in [2.75, 3.05) is 32.7 Å². The van der Waals surface area contributed by atoms with E-state index in [1.54, 1.807) is 12.0 Å². The molecule has 0 unspecified atom stereocenters. The summed E-state index contributed by atoms with van der Waals surface area (Å²) in [5.74, 6) is 0.521. The molecule has 0 N–H and O–H groups in total. The number of aromatic nitrogens is 2. The normalized spacial score (nSPS) is 10.9. The van der Waals surface area contributed by atoms with Gasteiger partial charge in [0.25, 0.3) is 5.91 Å². The Kier molecular flexibility index (Phi) is 6.52. The number of rotatable bonds is 7. The molecule has 1 aromatic heterocycles. The van der Waals surface area contributed by atoms with Crippen molar-refractivity contribution >= 4 is 29.0 Å². The van der Waals surface area contributed by atoms with Crippen molar-refractivity contribution in [3.8, 4) is 0 Å². The molecule has 102 valence electrons. The van der Waals surface area contributed by atoms with Crippen LogP contribution in [-0.2, 0) is 4.74 Å². The maximum Gasteiger partial charge on any atom is 0.267 e. The molecule has 7 heteroatoms. The first-order chi connectivity index (χ1) is 8.61. The highest BCUT2D eigenvalue weighted by Gasteiger charge is 2.23. The van der Waals surface area contributed by atoms with Crippen LogP contribution in [0.15, 0.2) is 0 Å². The molecule has 0 atom stereocenters. The van der Waals surface area contributed by atoms with Crippen LogP contribution in [0.5, 0.6) is 0 Å². The quantitative estimate of drug-likeness (QED) is 0.721. The molecule has 1 aromatic rings. The highest BCUT2D eigenvalue weighted by Crippen LogP contribution is 2.21. The summed E-state index contributed by atoms with van der Waals surface area (Å²) in [7, 11) is 1.61. The van der Waals surface area contributed by atoms with Crippen LogP contribution >= 0.6 is 23.1 Å². The molecule has 0 aromatic carbocycles. The number of carbonyl (C=O) groups excluding carboxylic acids is 1. The molecule has 0 saturated carbocycles. The molecular formula is C11H18ClN3O2S. The topological polar surface area (TPSA) is 55.3 Å². The van der Waals surface area contributed by atoms with Crippen LogP contribution < -0.4 is 0 Å². The van der Waals surface area contributed by atoms with Crippen LogP contribution in [0.4, 0.5) is 0 Å². The molecule has 1 heterocycles. The predicted octanol–water partition coefficient (Wildman–Crippen LogP) is 1.99. The largest absolute Gasteiger partial charge is 0.383 e. The monoisotopic (exact) mass is 291 g/mol. The Morgan fingerprint density at radius 1 is 1.50 bits per heavy atom. The molecule has 0 bridgehead atoms. The second-order valence-corrected chi connectivity index (χ2v) is 5.25. The number of alkyl halides is 1. The first-order valence-electron chi connectivity index (χ1n) is 5.78. The molecule has 5 nitrogen and oxygen atoms in total. The predicted molar refractivity (Wildman–Crippen MR) is 72.5 cm³/mol.